The SMILES string of the molecule is COc1ccccc1NC1=C(C(=O)c2ccco2)C(c2ccccc2)N(c2ccccc2)C1=O. The number of hydrogen-bond acceptors (Lipinski definition) is 5. The molecule has 168 valence electrons. The molecule has 1 aromatic heterocycles. The zero-order valence-corrected chi connectivity index (χ0v) is 18.5. The molecule has 0 aliphatic carbocycles. The lowest BCUT2D eigenvalue weighted by molar-refractivity contribution is -0.114. The van der Waals surface area contributed by atoms with E-state index in [4.69, 9.17) is 9.15 Å². The summed E-state index contributed by atoms with van der Waals surface area (Å²) in [5, 5.41) is 3.20. The average molecular weight is 450 g/mol. The van der Waals surface area contributed by atoms with Crippen LogP contribution in [0.25, 0.3) is 0 Å². The lowest BCUT2D eigenvalue weighted by atomic mass is 9.94. The molecular formula is C28H22N2O4. The Morgan fingerprint density at radius 1 is 0.882 bits per heavy atom. The first kappa shape index (κ1) is 21.3. The van der Waals surface area contributed by atoms with Gasteiger partial charge in [0.25, 0.3) is 5.91 Å². The zero-order valence-electron chi connectivity index (χ0n) is 18.5. The van der Waals surface area contributed by atoms with Gasteiger partial charge < -0.3 is 14.5 Å². The number of furan rings is 1. The molecule has 34 heavy (non-hydrogen) atoms. The average Bonchev–Trinajstić information content (AvgIpc) is 3.52. The van der Waals surface area contributed by atoms with E-state index in [0.29, 0.717) is 22.7 Å². The molecule has 1 amide bonds. The van der Waals surface area contributed by atoms with E-state index < -0.39 is 6.04 Å². The van der Waals surface area contributed by atoms with Crippen LogP contribution in [0.1, 0.15) is 22.2 Å². The van der Waals surface area contributed by atoms with E-state index in [1.54, 1.807) is 36.3 Å². The molecule has 1 aliphatic heterocycles. The zero-order chi connectivity index (χ0) is 23.5. The molecular weight excluding hydrogens is 428 g/mol. The summed E-state index contributed by atoms with van der Waals surface area (Å²) in [5.74, 6) is 0.0453. The van der Waals surface area contributed by atoms with Gasteiger partial charge in [-0.1, -0.05) is 60.7 Å². The number of carbonyl (C=O) groups is 2. The Kier molecular flexibility index (Phi) is 5.70. The smallest absolute Gasteiger partial charge is 0.276 e. The van der Waals surface area contributed by atoms with Gasteiger partial charge in [-0.2, -0.15) is 0 Å². The largest absolute Gasteiger partial charge is 0.495 e. The van der Waals surface area contributed by atoms with E-state index in [0.717, 1.165) is 5.56 Å². The molecule has 0 saturated carbocycles. The third kappa shape index (κ3) is 3.75. The molecule has 6 heteroatoms. The monoisotopic (exact) mass is 450 g/mol. The van der Waals surface area contributed by atoms with Gasteiger partial charge in [0.2, 0.25) is 5.78 Å². The van der Waals surface area contributed by atoms with Crippen molar-refractivity contribution < 1.29 is 18.7 Å². The van der Waals surface area contributed by atoms with Gasteiger partial charge in [-0.05, 0) is 42.0 Å². The number of rotatable bonds is 7. The highest BCUT2D eigenvalue weighted by atomic mass is 16.5. The molecule has 1 unspecified atom stereocenters. The molecule has 4 aromatic rings. The lowest BCUT2D eigenvalue weighted by Crippen LogP contribution is -2.31. The van der Waals surface area contributed by atoms with Gasteiger partial charge in [0.05, 0.1) is 30.7 Å². The van der Waals surface area contributed by atoms with Crippen molar-refractivity contribution in [2.24, 2.45) is 0 Å². The van der Waals surface area contributed by atoms with Crippen molar-refractivity contribution in [1.29, 1.82) is 0 Å². The van der Waals surface area contributed by atoms with Crippen LogP contribution in [0, 0.1) is 0 Å². The van der Waals surface area contributed by atoms with Crippen LogP contribution >= 0.6 is 0 Å². The van der Waals surface area contributed by atoms with E-state index in [9.17, 15) is 9.59 Å². The van der Waals surface area contributed by atoms with E-state index >= 15 is 0 Å². The van der Waals surface area contributed by atoms with Gasteiger partial charge in [0, 0.05) is 5.69 Å². The number of methoxy groups -OCH3 is 1. The minimum absolute atomic E-state index is 0.165. The fourth-order valence-corrected chi connectivity index (χ4v) is 4.21. The van der Waals surface area contributed by atoms with Crippen LogP contribution in [0.2, 0.25) is 0 Å². The van der Waals surface area contributed by atoms with Crippen LogP contribution in [0.4, 0.5) is 11.4 Å². The number of hydrogen-bond donors (Lipinski definition) is 1. The number of nitrogens with one attached hydrogen (secondary N) is 1. The van der Waals surface area contributed by atoms with Crippen LogP contribution < -0.4 is 15.0 Å². The maximum absolute atomic E-state index is 14.0. The van der Waals surface area contributed by atoms with E-state index in [1.165, 1.54) is 6.26 Å². The fourth-order valence-electron chi connectivity index (χ4n) is 4.21. The summed E-state index contributed by atoms with van der Waals surface area (Å²) < 4.78 is 10.9. The number of nitrogens with zero attached hydrogens (tertiary/aromatic N) is 1. The summed E-state index contributed by atoms with van der Waals surface area (Å²) in [7, 11) is 1.56. The van der Waals surface area contributed by atoms with Crippen molar-refractivity contribution in [2.75, 3.05) is 17.3 Å². The van der Waals surface area contributed by atoms with E-state index in [2.05, 4.69) is 5.32 Å². The second-order valence-corrected chi connectivity index (χ2v) is 7.74. The molecule has 2 heterocycles. The number of ketones is 1. The summed E-state index contributed by atoms with van der Waals surface area (Å²) in [6.45, 7) is 0. The summed E-state index contributed by atoms with van der Waals surface area (Å²) in [5.41, 5.74) is 2.57. The Morgan fingerprint density at radius 2 is 1.56 bits per heavy atom. The van der Waals surface area contributed by atoms with E-state index in [-0.39, 0.29) is 23.1 Å². The molecule has 0 fully saturated rings. The molecule has 6 nitrogen and oxygen atoms in total. The third-order valence-electron chi connectivity index (χ3n) is 5.74. The number of carbonyl (C=O) groups excluding carboxylic acids is 2. The van der Waals surface area contributed by atoms with Crippen molar-refractivity contribution in [3.63, 3.8) is 0 Å². The second-order valence-electron chi connectivity index (χ2n) is 7.74. The van der Waals surface area contributed by atoms with Gasteiger partial charge in [0.15, 0.2) is 5.76 Å². The maximum Gasteiger partial charge on any atom is 0.276 e. The fraction of sp³-hybridized carbons (Fsp3) is 0.0714. The van der Waals surface area contributed by atoms with Gasteiger partial charge in [0.1, 0.15) is 11.4 Å². The Bertz CT molecular complexity index is 1350. The molecule has 0 bridgehead atoms. The summed E-state index contributed by atoms with van der Waals surface area (Å²) in [6.07, 6.45) is 1.45. The molecule has 0 radical (unpaired) electrons. The first-order valence-corrected chi connectivity index (χ1v) is 10.8. The Hall–Kier alpha value is -4.58. The van der Waals surface area contributed by atoms with Crippen molar-refractivity contribution in [3.8, 4) is 5.75 Å². The molecule has 0 spiro atoms. The van der Waals surface area contributed by atoms with Crippen molar-refractivity contribution in [3.05, 3.63) is 126 Å². The first-order chi connectivity index (χ1) is 16.7. The molecule has 0 saturated heterocycles. The lowest BCUT2D eigenvalue weighted by Gasteiger charge is -2.27. The summed E-state index contributed by atoms with van der Waals surface area (Å²) in [6, 6.07) is 28.7. The van der Waals surface area contributed by atoms with Gasteiger partial charge in [-0.3, -0.25) is 14.5 Å². The first-order valence-electron chi connectivity index (χ1n) is 10.8. The molecule has 1 aliphatic rings. The van der Waals surface area contributed by atoms with Gasteiger partial charge in [-0.15, -0.1) is 0 Å². The highest BCUT2D eigenvalue weighted by Crippen LogP contribution is 2.43. The van der Waals surface area contributed by atoms with Crippen molar-refractivity contribution >= 4 is 23.1 Å². The van der Waals surface area contributed by atoms with Crippen LogP contribution in [-0.2, 0) is 4.79 Å². The van der Waals surface area contributed by atoms with Gasteiger partial charge in [-0.25, -0.2) is 0 Å². The van der Waals surface area contributed by atoms with Crippen LogP contribution in [0.3, 0.4) is 0 Å². The highest BCUT2D eigenvalue weighted by Gasteiger charge is 2.45. The number of amides is 1. The molecule has 1 N–H and O–H groups in total. The Balaban J connectivity index is 1.73. The maximum atomic E-state index is 14.0. The molecule has 1 atom stereocenters. The Morgan fingerprint density at radius 3 is 2.24 bits per heavy atom. The summed E-state index contributed by atoms with van der Waals surface area (Å²) in [4.78, 5) is 29.4. The minimum atomic E-state index is -0.647. The standard InChI is InChI=1S/C28H22N2O4/c1-33-22-16-9-8-15-21(22)29-25-24(27(31)23-17-10-18-34-23)26(19-11-4-2-5-12-19)30(28(25)32)20-13-6-3-7-14-20/h2-18,26,29H,1H3. The topological polar surface area (TPSA) is 71.8 Å². The predicted molar refractivity (Wildman–Crippen MR) is 130 cm³/mol. The number of anilines is 2. The van der Waals surface area contributed by atoms with Crippen LogP contribution in [0.5, 0.6) is 5.75 Å². The molecule has 3 aromatic carbocycles. The number of para-hydroxylation sites is 3. The summed E-state index contributed by atoms with van der Waals surface area (Å²) >= 11 is 0. The van der Waals surface area contributed by atoms with Crippen molar-refractivity contribution in [2.45, 2.75) is 6.04 Å². The molecule has 5 rings (SSSR count). The number of ether oxygens (including phenoxy) is 1. The van der Waals surface area contributed by atoms with E-state index in [1.807, 2.05) is 72.8 Å². The number of Topliss-reactive ketones (excluding diaryl/α,β-unsaturated/α-hetero) is 1. The van der Waals surface area contributed by atoms with Crippen molar-refractivity contribution in [1.82, 2.24) is 0 Å². The highest BCUT2D eigenvalue weighted by molar-refractivity contribution is 6.22. The second kappa shape index (κ2) is 9.11. The van der Waals surface area contributed by atoms with Crippen LogP contribution in [0.15, 0.2) is 119 Å². The number of benzene rings is 3. The van der Waals surface area contributed by atoms with Gasteiger partial charge >= 0.3 is 0 Å². The quantitative estimate of drug-likeness (QED) is 0.370. The normalized spacial score (nSPS) is 15.5. The third-order valence-corrected chi connectivity index (χ3v) is 5.74. The van der Waals surface area contributed by atoms with Crippen LogP contribution in [-0.4, -0.2) is 18.8 Å². The predicted octanol–water partition coefficient (Wildman–Crippen LogP) is 5.63. The minimum Gasteiger partial charge on any atom is -0.495 e. The Labute approximate surface area is 197 Å².